The third kappa shape index (κ3) is 3.41. The van der Waals surface area contributed by atoms with Crippen molar-refractivity contribution in [3.63, 3.8) is 0 Å². The Labute approximate surface area is 87.3 Å². The van der Waals surface area contributed by atoms with E-state index >= 15 is 0 Å². The molecule has 0 aromatic rings. The van der Waals surface area contributed by atoms with E-state index in [2.05, 4.69) is 0 Å². The summed E-state index contributed by atoms with van der Waals surface area (Å²) >= 11 is 1.42. The van der Waals surface area contributed by atoms with Gasteiger partial charge in [-0.15, -0.1) is 11.8 Å². The molecule has 0 bridgehead atoms. The Morgan fingerprint density at radius 2 is 2.43 bits per heavy atom. The molecule has 1 rings (SSSR count). The first kappa shape index (κ1) is 11.1. The van der Waals surface area contributed by atoms with Gasteiger partial charge in [-0.25, -0.2) is 0 Å². The molecule has 78 valence electrons. The van der Waals surface area contributed by atoms with Crippen LogP contribution in [0.3, 0.4) is 0 Å². The van der Waals surface area contributed by atoms with Crippen molar-refractivity contribution in [2.24, 2.45) is 0 Å². The summed E-state index contributed by atoms with van der Waals surface area (Å²) < 4.78 is 4.93. The first-order chi connectivity index (χ1) is 6.59. The van der Waals surface area contributed by atoms with E-state index < -0.39 is 0 Å². The number of amides is 1. The van der Waals surface area contributed by atoms with Gasteiger partial charge in [0.1, 0.15) is 6.54 Å². The first-order valence-electron chi connectivity index (χ1n) is 4.37. The summed E-state index contributed by atoms with van der Waals surface area (Å²) in [7, 11) is 0. The number of carbonyl (C=O) groups is 2. The number of hydrogen-bond acceptors (Lipinski definition) is 4. The topological polar surface area (TPSA) is 46.6 Å². The van der Waals surface area contributed by atoms with Crippen molar-refractivity contribution in [2.45, 2.75) is 20.0 Å². The van der Waals surface area contributed by atoms with Gasteiger partial charge in [-0.1, -0.05) is 0 Å². The predicted molar refractivity (Wildman–Crippen MR) is 54.5 cm³/mol. The fourth-order valence-corrected chi connectivity index (χ4v) is 1.62. The average molecular weight is 215 g/mol. The van der Waals surface area contributed by atoms with Crippen LogP contribution in [0.15, 0.2) is 11.6 Å². The largest absolute Gasteiger partial charge is 0.462 e. The van der Waals surface area contributed by atoms with E-state index in [0.717, 1.165) is 0 Å². The molecule has 1 amide bonds. The van der Waals surface area contributed by atoms with Crippen molar-refractivity contribution in [1.82, 2.24) is 4.90 Å². The highest BCUT2D eigenvalue weighted by molar-refractivity contribution is 8.02. The van der Waals surface area contributed by atoms with Crippen LogP contribution in [0.1, 0.15) is 13.8 Å². The third-order valence-electron chi connectivity index (χ3n) is 1.53. The van der Waals surface area contributed by atoms with Crippen LogP contribution >= 0.6 is 11.8 Å². The highest BCUT2D eigenvalue weighted by Crippen LogP contribution is 2.12. The molecule has 0 saturated carbocycles. The minimum absolute atomic E-state index is 0.00801. The second kappa shape index (κ2) is 5.05. The Bertz CT molecular complexity index is 263. The van der Waals surface area contributed by atoms with Gasteiger partial charge < -0.3 is 9.64 Å². The lowest BCUT2D eigenvalue weighted by molar-refractivity contribution is -0.150. The maximum Gasteiger partial charge on any atom is 0.326 e. The van der Waals surface area contributed by atoms with Gasteiger partial charge >= 0.3 is 5.97 Å². The summed E-state index contributed by atoms with van der Waals surface area (Å²) in [6.07, 6.45) is 1.47. The van der Waals surface area contributed by atoms with Gasteiger partial charge in [-0.2, -0.15) is 0 Å². The average Bonchev–Trinajstić information content (AvgIpc) is 2.07. The summed E-state index contributed by atoms with van der Waals surface area (Å²) in [5, 5.41) is 1.80. The lowest BCUT2D eigenvalue weighted by Gasteiger charge is -2.20. The summed E-state index contributed by atoms with van der Waals surface area (Å²) in [4.78, 5) is 23.8. The SMILES string of the molecule is CC(C)OC(=O)CN1C=CSCC1=O. The van der Waals surface area contributed by atoms with E-state index in [1.165, 1.54) is 16.7 Å². The molecule has 1 aliphatic rings. The molecule has 14 heavy (non-hydrogen) atoms. The summed E-state index contributed by atoms with van der Waals surface area (Å²) in [5.74, 6) is -0.0334. The maximum absolute atomic E-state index is 11.3. The van der Waals surface area contributed by atoms with Crippen molar-refractivity contribution in [3.05, 3.63) is 11.6 Å². The summed E-state index contributed by atoms with van der Waals surface area (Å²) in [6, 6.07) is 0. The number of ether oxygens (including phenoxy) is 1. The van der Waals surface area contributed by atoms with Gasteiger partial charge in [0.05, 0.1) is 11.9 Å². The van der Waals surface area contributed by atoms with Crippen molar-refractivity contribution in [2.75, 3.05) is 12.3 Å². The van der Waals surface area contributed by atoms with Gasteiger partial charge in [0.25, 0.3) is 0 Å². The Morgan fingerprint density at radius 3 is 3.00 bits per heavy atom. The predicted octanol–water partition coefficient (Wildman–Crippen LogP) is 0.985. The van der Waals surface area contributed by atoms with Crippen LogP contribution in [0.4, 0.5) is 0 Å². The van der Waals surface area contributed by atoms with Gasteiger partial charge in [0.15, 0.2) is 0 Å². The summed E-state index contributed by atoms with van der Waals surface area (Å²) in [5.41, 5.74) is 0. The van der Waals surface area contributed by atoms with Crippen LogP contribution in [0.2, 0.25) is 0 Å². The van der Waals surface area contributed by atoms with E-state index in [9.17, 15) is 9.59 Å². The molecule has 0 aromatic carbocycles. The lowest BCUT2D eigenvalue weighted by Crippen LogP contribution is -2.35. The van der Waals surface area contributed by atoms with Gasteiger partial charge in [-0.3, -0.25) is 9.59 Å². The molecule has 0 aromatic heterocycles. The van der Waals surface area contributed by atoms with Gasteiger partial charge in [0.2, 0.25) is 5.91 Å². The Balaban J connectivity index is 2.42. The molecule has 0 fully saturated rings. The molecule has 0 radical (unpaired) electrons. The van der Waals surface area contributed by atoms with Crippen LogP contribution in [0, 0.1) is 0 Å². The second-order valence-electron chi connectivity index (χ2n) is 3.16. The van der Waals surface area contributed by atoms with Crippen LogP contribution in [-0.4, -0.2) is 35.2 Å². The van der Waals surface area contributed by atoms with Crippen LogP contribution in [-0.2, 0) is 14.3 Å². The van der Waals surface area contributed by atoms with E-state index in [-0.39, 0.29) is 24.5 Å². The molecule has 0 aliphatic carbocycles. The number of thioether (sulfide) groups is 1. The van der Waals surface area contributed by atoms with Crippen molar-refractivity contribution in [3.8, 4) is 0 Å². The molecular formula is C9H13NO3S. The standard InChI is InChI=1S/C9H13NO3S/c1-7(2)13-9(12)5-10-3-4-14-6-8(10)11/h3-4,7H,5-6H2,1-2H3. The molecule has 0 atom stereocenters. The van der Waals surface area contributed by atoms with Crippen molar-refractivity contribution >= 4 is 23.6 Å². The molecule has 0 saturated heterocycles. The fourth-order valence-electron chi connectivity index (χ4n) is 0.982. The van der Waals surface area contributed by atoms with Crippen molar-refractivity contribution < 1.29 is 14.3 Å². The molecule has 1 heterocycles. The third-order valence-corrected chi connectivity index (χ3v) is 2.26. The quantitative estimate of drug-likeness (QED) is 0.658. The van der Waals surface area contributed by atoms with E-state index in [4.69, 9.17) is 4.74 Å². The van der Waals surface area contributed by atoms with Gasteiger partial charge in [0, 0.05) is 6.20 Å². The number of hydrogen-bond donors (Lipinski definition) is 0. The van der Waals surface area contributed by atoms with E-state index in [1.807, 2.05) is 0 Å². The Kier molecular flexibility index (Phi) is 4.00. The van der Waals surface area contributed by atoms with Gasteiger partial charge in [-0.05, 0) is 19.3 Å². The highest BCUT2D eigenvalue weighted by Gasteiger charge is 2.18. The van der Waals surface area contributed by atoms with Crippen LogP contribution in [0.5, 0.6) is 0 Å². The normalized spacial score (nSPS) is 16.2. The second-order valence-corrected chi connectivity index (χ2v) is 4.05. The number of esters is 1. The molecule has 4 nitrogen and oxygen atoms in total. The molecule has 0 unspecified atom stereocenters. The van der Waals surface area contributed by atoms with E-state index in [1.54, 1.807) is 25.5 Å². The zero-order valence-corrected chi connectivity index (χ0v) is 9.04. The fraction of sp³-hybridized carbons (Fsp3) is 0.556. The number of carbonyl (C=O) groups excluding carboxylic acids is 2. The Hall–Kier alpha value is -0.970. The number of rotatable bonds is 3. The zero-order valence-electron chi connectivity index (χ0n) is 8.23. The van der Waals surface area contributed by atoms with Crippen LogP contribution < -0.4 is 0 Å². The minimum atomic E-state index is -0.370. The zero-order chi connectivity index (χ0) is 10.6. The smallest absolute Gasteiger partial charge is 0.326 e. The first-order valence-corrected chi connectivity index (χ1v) is 5.41. The Morgan fingerprint density at radius 1 is 1.71 bits per heavy atom. The van der Waals surface area contributed by atoms with Crippen molar-refractivity contribution in [1.29, 1.82) is 0 Å². The van der Waals surface area contributed by atoms with E-state index in [0.29, 0.717) is 5.75 Å². The van der Waals surface area contributed by atoms with Crippen LogP contribution in [0.25, 0.3) is 0 Å². The monoisotopic (exact) mass is 215 g/mol. The summed E-state index contributed by atoms with van der Waals surface area (Å²) in [6.45, 7) is 3.57. The maximum atomic E-state index is 11.3. The lowest BCUT2D eigenvalue weighted by atomic mass is 10.4. The molecule has 0 spiro atoms. The number of nitrogens with zero attached hydrogens (tertiary/aromatic N) is 1. The minimum Gasteiger partial charge on any atom is -0.462 e. The molecule has 5 heteroatoms. The molecular weight excluding hydrogens is 202 g/mol. The highest BCUT2D eigenvalue weighted by atomic mass is 32.2. The molecule has 0 N–H and O–H groups in total. The molecule has 1 aliphatic heterocycles.